The summed E-state index contributed by atoms with van der Waals surface area (Å²) >= 11 is 0. The molecule has 3 unspecified atom stereocenters. The van der Waals surface area contributed by atoms with E-state index >= 15 is 0 Å². The molecule has 0 aromatic heterocycles. The van der Waals surface area contributed by atoms with Gasteiger partial charge in [0.1, 0.15) is 18.3 Å². The lowest BCUT2D eigenvalue weighted by molar-refractivity contribution is -0.256. The van der Waals surface area contributed by atoms with Gasteiger partial charge in [0.2, 0.25) is 0 Å². The minimum atomic E-state index is -1.56. The zero-order chi connectivity index (χ0) is 17.1. The van der Waals surface area contributed by atoms with Gasteiger partial charge in [-0.2, -0.15) is 0 Å². The molecular weight excluding hydrogens is 300 g/mol. The molecule has 134 valence electrons. The van der Waals surface area contributed by atoms with Crippen molar-refractivity contribution in [3.05, 3.63) is 0 Å². The number of hydrogen-bond acceptors (Lipinski definition) is 9. The van der Waals surface area contributed by atoms with Crippen LogP contribution in [-0.4, -0.2) is 100 Å². The Hall–Kier alpha value is -0.360. The van der Waals surface area contributed by atoms with Crippen molar-refractivity contribution in [2.45, 2.75) is 50.7 Å². The van der Waals surface area contributed by atoms with Gasteiger partial charge >= 0.3 is 0 Å². The monoisotopic (exact) mass is 328 g/mol. The third kappa shape index (κ3) is 7.77. The Bertz CT molecular complexity index is 264. The van der Waals surface area contributed by atoms with Crippen LogP contribution in [0.1, 0.15) is 13.8 Å². The predicted octanol–water partition coefficient (Wildman–Crippen LogP) is -2.80. The van der Waals surface area contributed by atoms with Crippen LogP contribution in [0.2, 0.25) is 0 Å². The van der Waals surface area contributed by atoms with Gasteiger partial charge in [0.15, 0.2) is 6.29 Å². The molecule has 22 heavy (non-hydrogen) atoms. The Balaban J connectivity index is 4.73. The number of hydrogen-bond donors (Lipinski definition) is 6. The summed E-state index contributed by atoms with van der Waals surface area (Å²) in [6.45, 7) is 1.76. The molecule has 0 bridgehead atoms. The van der Waals surface area contributed by atoms with Crippen molar-refractivity contribution >= 4 is 0 Å². The normalized spacial score (nSPS) is 20.2. The van der Waals surface area contributed by atoms with Crippen molar-refractivity contribution in [1.29, 1.82) is 0 Å². The van der Waals surface area contributed by atoms with E-state index in [1.807, 2.05) is 0 Å². The van der Waals surface area contributed by atoms with E-state index in [-0.39, 0.29) is 33.0 Å². The van der Waals surface area contributed by atoms with Crippen molar-refractivity contribution < 1.29 is 44.8 Å². The molecular formula is C13H28O9. The van der Waals surface area contributed by atoms with E-state index in [2.05, 4.69) is 0 Å². The Morgan fingerprint density at radius 1 is 0.818 bits per heavy atom. The zero-order valence-corrected chi connectivity index (χ0v) is 12.9. The fraction of sp³-hybridized carbons (Fsp3) is 1.00. The predicted molar refractivity (Wildman–Crippen MR) is 75.0 cm³/mol. The molecule has 0 heterocycles. The van der Waals surface area contributed by atoms with Crippen LogP contribution >= 0.6 is 0 Å². The van der Waals surface area contributed by atoms with Crippen LogP contribution in [0.5, 0.6) is 0 Å². The van der Waals surface area contributed by atoms with Crippen molar-refractivity contribution in [3.63, 3.8) is 0 Å². The van der Waals surface area contributed by atoms with Crippen LogP contribution < -0.4 is 0 Å². The second-order valence-electron chi connectivity index (χ2n) is 4.84. The van der Waals surface area contributed by atoms with E-state index < -0.39 is 36.8 Å². The van der Waals surface area contributed by atoms with Crippen molar-refractivity contribution in [3.8, 4) is 0 Å². The first-order chi connectivity index (χ1) is 10.4. The maximum atomic E-state index is 9.97. The minimum Gasteiger partial charge on any atom is -0.394 e. The Kier molecular flexibility index (Phi) is 11.9. The highest BCUT2D eigenvalue weighted by molar-refractivity contribution is 4.77. The summed E-state index contributed by atoms with van der Waals surface area (Å²) in [5.74, 6) is 0. The maximum Gasteiger partial charge on any atom is 0.186 e. The van der Waals surface area contributed by atoms with Gasteiger partial charge in [-0.3, -0.25) is 0 Å². The van der Waals surface area contributed by atoms with E-state index in [9.17, 15) is 20.4 Å². The van der Waals surface area contributed by atoms with Gasteiger partial charge in [-0.15, -0.1) is 0 Å². The average molecular weight is 328 g/mol. The van der Waals surface area contributed by atoms with Crippen molar-refractivity contribution in [1.82, 2.24) is 0 Å². The highest BCUT2D eigenvalue weighted by Gasteiger charge is 2.33. The molecule has 0 aliphatic carbocycles. The second-order valence-corrected chi connectivity index (χ2v) is 4.84. The highest BCUT2D eigenvalue weighted by Crippen LogP contribution is 2.14. The minimum absolute atomic E-state index is 0.0000564. The molecule has 9 nitrogen and oxygen atoms in total. The molecule has 6 atom stereocenters. The van der Waals surface area contributed by atoms with Crippen molar-refractivity contribution in [2.75, 3.05) is 33.0 Å². The molecule has 9 heteroatoms. The van der Waals surface area contributed by atoms with E-state index in [1.165, 1.54) is 6.92 Å². The molecule has 0 aliphatic heterocycles. The van der Waals surface area contributed by atoms with Crippen LogP contribution in [0.25, 0.3) is 0 Å². The van der Waals surface area contributed by atoms with Gasteiger partial charge in [0, 0.05) is 0 Å². The lowest BCUT2D eigenvalue weighted by Gasteiger charge is -2.32. The van der Waals surface area contributed by atoms with Crippen molar-refractivity contribution in [2.24, 2.45) is 0 Å². The number of rotatable bonds is 13. The van der Waals surface area contributed by atoms with Crippen LogP contribution in [0.3, 0.4) is 0 Å². The van der Waals surface area contributed by atoms with Gasteiger partial charge in [0.25, 0.3) is 0 Å². The number of ether oxygens (including phenoxy) is 3. The van der Waals surface area contributed by atoms with E-state index in [0.29, 0.717) is 0 Å². The Labute approximate surface area is 129 Å². The number of aliphatic hydroxyl groups excluding tert-OH is 6. The molecule has 0 radical (unpaired) electrons. The maximum absolute atomic E-state index is 9.97. The molecule has 6 N–H and O–H groups in total. The first-order valence-electron chi connectivity index (χ1n) is 7.14. The summed E-state index contributed by atoms with van der Waals surface area (Å²) in [4.78, 5) is 0. The molecule has 0 amide bonds. The molecule has 0 saturated heterocycles. The van der Waals surface area contributed by atoms with Crippen LogP contribution in [-0.2, 0) is 14.2 Å². The molecule has 0 spiro atoms. The third-order valence-electron chi connectivity index (χ3n) is 2.97. The van der Waals surface area contributed by atoms with Crippen LogP contribution in [0, 0.1) is 0 Å². The Morgan fingerprint density at radius 2 is 1.36 bits per heavy atom. The molecule has 0 rings (SSSR count). The lowest BCUT2D eigenvalue weighted by atomic mass is 10.1. The van der Waals surface area contributed by atoms with Crippen LogP contribution in [0.4, 0.5) is 0 Å². The van der Waals surface area contributed by atoms with Gasteiger partial charge < -0.3 is 44.8 Å². The topological polar surface area (TPSA) is 149 Å². The van der Waals surface area contributed by atoms with E-state index in [0.717, 1.165) is 0 Å². The quantitative estimate of drug-likeness (QED) is 0.197. The Morgan fingerprint density at radius 3 is 1.82 bits per heavy atom. The molecule has 0 aliphatic rings. The fourth-order valence-corrected chi connectivity index (χ4v) is 1.67. The highest BCUT2D eigenvalue weighted by atomic mass is 16.7. The third-order valence-corrected chi connectivity index (χ3v) is 2.97. The molecule has 0 aromatic rings. The number of aliphatic hydroxyl groups is 6. The van der Waals surface area contributed by atoms with Gasteiger partial charge in [-0.1, -0.05) is 0 Å². The lowest BCUT2D eigenvalue weighted by Crippen LogP contribution is -2.48. The first-order valence-corrected chi connectivity index (χ1v) is 7.14. The summed E-state index contributed by atoms with van der Waals surface area (Å²) in [6.07, 6.45) is -7.14. The zero-order valence-electron chi connectivity index (χ0n) is 12.9. The second kappa shape index (κ2) is 12.1. The molecule has 0 aromatic carbocycles. The summed E-state index contributed by atoms with van der Waals surface area (Å²) in [5, 5.41) is 55.7. The van der Waals surface area contributed by atoms with Gasteiger partial charge in [0.05, 0.1) is 45.2 Å². The first kappa shape index (κ1) is 21.6. The standard InChI is InChI=1S/C13H28O9/c1-8(17)11(18)12(19)13(21-6-4-15)22-9(2)10(7-16)20-5-3-14/h8-19H,3-7H2,1-2H3/t8-,9+,10?,11?,12?,13-/m1/s1. The fourth-order valence-electron chi connectivity index (χ4n) is 1.67. The largest absolute Gasteiger partial charge is 0.394 e. The SMILES string of the molecule is C[C@H](O[C@@H](OCCO)C(O)C(O)[C@@H](C)O)C(CO)OCCO. The summed E-state index contributed by atoms with van der Waals surface area (Å²) < 4.78 is 15.7. The molecule has 0 fully saturated rings. The summed E-state index contributed by atoms with van der Waals surface area (Å²) in [5.41, 5.74) is 0. The average Bonchev–Trinajstić information content (AvgIpc) is 2.50. The van der Waals surface area contributed by atoms with E-state index in [4.69, 9.17) is 24.4 Å². The molecule has 0 saturated carbocycles. The summed E-state index contributed by atoms with van der Waals surface area (Å²) in [6, 6.07) is 0. The van der Waals surface area contributed by atoms with E-state index in [1.54, 1.807) is 6.92 Å². The van der Waals surface area contributed by atoms with Gasteiger partial charge in [-0.05, 0) is 13.8 Å². The smallest absolute Gasteiger partial charge is 0.186 e. The van der Waals surface area contributed by atoms with Gasteiger partial charge in [-0.25, -0.2) is 0 Å². The van der Waals surface area contributed by atoms with Crippen LogP contribution in [0.15, 0.2) is 0 Å². The summed E-state index contributed by atoms with van der Waals surface area (Å²) in [7, 11) is 0.